The minimum absolute atomic E-state index is 0.00140. The Bertz CT molecular complexity index is 604. The molecule has 0 fully saturated rings. The lowest BCUT2D eigenvalue weighted by Gasteiger charge is -2.07. The van der Waals surface area contributed by atoms with Crippen molar-refractivity contribution in [2.45, 2.75) is 0 Å². The Morgan fingerprint density at radius 1 is 1.39 bits per heavy atom. The van der Waals surface area contributed by atoms with Crippen LogP contribution in [-0.4, -0.2) is 16.0 Å². The van der Waals surface area contributed by atoms with Crippen molar-refractivity contribution in [3.8, 4) is 5.75 Å². The van der Waals surface area contributed by atoms with Crippen molar-refractivity contribution in [1.29, 1.82) is 0 Å². The number of benzene rings is 1. The zero-order chi connectivity index (χ0) is 13.1. The number of nitrogens with zero attached hydrogens (tertiary/aromatic N) is 1. The number of halogens is 2. The van der Waals surface area contributed by atoms with Gasteiger partial charge in [-0.1, -0.05) is 0 Å². The quantitative estimate of drug-likeness (QED) is 0.838. The molecule has 0 saturated carbocycles. The summed E-state index contributed by atoms with van der Waals surface area (Å²) < 4.78 is 13.9. The molecule has 0 bridgehead atoms. The molecule has 2 rings (SSSR count). The van der Waals surface area contributed by atoms with Crippen LogP contribution in [0, 0.1) is 5.82 Å². The average molecular weight is 311 g/mol. The summed E-state index contributed by atoms with van der Waals surface area (Å²) in [5, 5.41) is 11.5. The van der Waals surface area contributed by atoms with Crippen molar-refractivity contribution in [3.05, 3.63) is 52.5 Å². The van der Waals surface area contributed by atoms with E-state index in [1.165, 1.54) is 30.6 Å². The summed E-state index contributed by atoms with van der Waals surface area (Å²) >= 11 is 3.18. The molecule has 1 aromatic carbocycles. The lowest BCUT2D eigenvalue weighted by Crippen LogP contribution is -2.13. The highest BCUT2D eigenvalue weighted by molar-refractivity contribution is 9.10. The smallest absolute Gasteiger partial charge is 0.257 e. The van der Waals surface area contributed by atoms with Crippen LogP contribution in [0.3, 0.4) is 0 Å². The molecule has 6 heteroatoms. The number of carbonyl (C=O) groups excluding carboxylic acids is 1. The van der Waals surface area contributed by atoms with Crippen molar-refractivity contribution < 1.29 is 14.3 Å². The summed E-state index contributed by atoms with van der Waals surface area (Å²) in [6, 6.07) is 5.02. The van der Waals surface area contributed by atoms with Crippen LogP contribution >= 0.6 is 15.9 Å². The number of anilines is 1. The van der Waals surface area contributed by atoms with E-state index in [9.17, 15) is 9.18 Å². The van der Waals surface area contributed by atoms with Crippen LogP contribution in [-0.2, 0) is 0 Å². The predicted octanol–water partition coefficient (Wildman–Crippen LogP) is 2.94. The minimum atomic E-state index is -0.700. The fourth-order valence-corrected chi connectivity index (χ4v) is 1.78. The topological polar surface area (TPSA) is 62.2 Å². The molecule has 0 radical (unpaired) electrons. The van der Waals surface area contributed by atoms with Gasteiger partial charge in [0.25, 0.3) is 5.91 Å². The molecule has 2 aromatic rings. The summed E-state index contributed by atoms with van der Waals surface area (Å²) in [6.45, 7) is 0. The third-order valence-electron chi connectivity index (χ3n) is 2.22. The maximum atomic E-state index is 13.4. The fourth-order valence-electron chi connectivity index (χ4n) is 1.35. The third kappa shape index (κ3) is 2.65. The normalized spacial score (nSPS) is 10.1. The van der Waals surface area contributed by atoms with Crippen molar-refractivity contribution in [2.24, 2.45) is 0 Å². The molecule has 1 amide bonds. The first-order valence-electron chi connectivity index (χ1n) is 4.97. The van der Waals surface area contributed by atoms with Crippen LogP contribution in [0.15, 0.2) is 41.1 Å². The van der Waals surface area contributed by atoms with Crippen LogP contribution in [0.25, 0.3) is 0 Å². The molecule has 1 aromatic heterocycles. The summed E-state index contributed by atoms with van der Waals surface area (Å²) in [5.41, 5.74) is 0.346. The standard InChI is InChI=1S/C12H8BrFN2O2/c13-9-6-15-4-3-8(9)12(18)16-11-2-1-7(17)5-10(11)14/h1-6,17H,(H,16,18). The number of amides is 1. The van der Waals surface area contributed by atoms with Gasteiger partial charge in [-0.05, 0) is 34.1 Å². The summed E-state index contributed by atoms with van der Waals surface area (Å²) in [6.07, 6.45) is 2.94. The number of aromatic hydroxyl groups is 1. The molecule has 0 aliphatic carbocycles. The minimum Gasteiger partial charge on any atom is -0.508 e. The van der Waals surface area contributed by atoms with Crippen LogP contribution < -0.4 is 5.32 Å². The number of phenolic OH excluding ortho intramolecular Hbond substituents is 1. The Hall–Kier alpha value is -1.95. The SMILES string of the molecule is O=C(Nc1ccc(O)cc1F)c1ccncc1Br. The monoisotopic (exact) mass is 310 g/mol. The van der Waals surface area contributed by atoms with Gasteiger partial charge in [0.05, 0.1) is 11.3 Å². The summed E-state index contributed by atoms with van der Waals surface area (Å²) in [7, 11) is 0. The largest absolute Gasteiger partial charge is 0.508 e. The van der Waals surface area contributed by atoms with E-state index < -0.39 is 11.7 Å². The van der Waals surface area contributed by atoms with E-state index in [0.717, 1.165) is 6.07 Å². The van der Waals surface area contributed by atoms with E-state index in [1.54, 1.807) is 0 Å². The number of pyridine rings is 1. The van der Waals surface area contributed by atoms with Crippen LogP contribution in [0.4, 0.5) is 10.1 Å². The molecule has 0 spiro atoms. The average Bonchev–Trinajstić information content (AvgIpc) is 2.33. The molecule has 18 heavy (non-hydrogen) atoms. The van der Waals surface area contributed by atoms with E-state index in [4.69, 9.17) is 5.11 Å². The van der Waals surface area contributed by atoms with E-state index in [0.29, 0.717) is 10.0 Å². The van der Waals surface area contributed by atoms with E-state index in [-0.39, 0.29) is 11.4 Å². The molecule has 2 N–H and O–H groups in total. The van der Waals surface area contributed by atoms with Gasteiger partial charge in [0, 0.05) is 22.9 Å². The number of phenols is 1. The lowest BCUT2D eigenvalue weighted by atomic mass is 10.2. The highest BCUT2D eigenvalue weighted by Crippen LogP contribution is 2.21. The molecular formula is C12H8BrFN2O2. The van der Waals surface area contributed by atoms with Gasteiger partial charge in [-0.25, -0.2) is 4.39 Å². The van der Waals surface area contributed by atoms with Gasteiger partial charge in [-0.15, -0.1) is 0 Å². The summed E-state index contributed by atoms with van der Waals surface area (Å²) in [4.78, 5) is 15.7. The Balaban J connectivity index is 2.24. The molecule has 0 unspecified atom stereocenters. The van der Waals surface area contributed by atoms with Gasteiger partial charge in [-0.3, -0.25) is 9.78 Å². The van der Waals surface area contributed by atoms with Gasteiger partial charge >= 0.3 is 0 Å². The third-order valence-corrected chi connectivity index (χ3v) is 2.85. The molecule has 0 aliphatic heterocycles. The highest BCUT2D eigenvalue weighted by atomic mass is 79.9. The second kappa shape index (κ2) is 5.14. The predicted molar refractivity (Wildman–Crippen MR) is 68.0 cm³/mol. The maximum absolute atomic E-state index is 13.4. The first-order valence-corrected chi connectivity index (χ1v) is 5.76. The van der Waals surface area contributed by atoms with Crippen LogP contribution in [0.1, 0.15) is 10.4 Å². The Kier molecular flexibility index (Phi) is 3.57. The second-order valence-electron chi connectivity index (χ2n) is 3.47. The zero-order valence-corrected chi connectivity index (χ0v) is 10.6. The van der Waals surface area contributed by atoms with Gasteiger partial charge in [0.15, 0.2) is 0 Å². The van der Waals surface area contributed by atoms with E-state index >= 15 is 0 Å². The molecule has 1 heterocycles. The molecule has 92 valence electrons. The Labute approximate surface area is 111 Å². The fraction of sp³-hybridized carbons (Fsp3) is 0. The van der Waals surface area contributed by atoms with Crippen molar-refractivity contribution in [2.75, 3.05) is 5.32 Å². The van der Waals surface area contributed by atoms with Crippen molar-refractivity contribution in [3.63, 3.8) is 0 Å². The van der Waals surface area contributed by atoms with Gasteiger partial charge < -0.3 is 10.4 Å². The summed E-state index contributed by atoms with van der Waals surface area (Å²) in [5.74, 6) is -1.36. The second-order valence-corrected chi connectivity index (χ2v) is 4.33. The van der Waals surface area contributed by atoms with E-state index in [2.05, 4.69) is 26.2 Å². The van der Waals surface area contributed by atoms with E-state index in [1.807, 2.05) is 0 Å². The maximum Gasteiger partial charge on any atom is 0.257 e. The van der Waals surface area contributed by atoms with Crippen LogP contribution in [0.2, 0.25) is 0 Å². The van der Waals surface area contributed by atoms with Gasteiger partial charge in [0.1, 0.15) is 11.6 Å². The number of nitrogens with one attached hydrogen (secondary N) is 1. The number of hydrogen-bond donors (Lipinski definition) is 2. The lowest BCUT2D eigenvalue weighted by molar-refractivity contribution is 0.102. The Morgan fingerprint density at radius 2 is 2.17 bits per heavy atom. The number of rotatable bonds is 2. The van der Waals surface area contributed by atoms with Crippen molar-refractivity contribution >= 4 is 27.5 Å². The van der Waals surface area contributed by atoms with Crippen LogP contribution in [0.5, 0.6) is 5.75 Å². The van der Waals surface area contributed by atoms with Crippen molar-refractivity contribution in [1.82, 2.24) is 4.98 Å². The van der Waals surface area contributed by atoms with Gasteiger partial charge in [0.2, 0.25) is 0 Å². The molecule has 4 nitrogen and oxygen atoms in total. The highest BCUT2D eigenvalue weighted by Gasteiger charge is 2.12. The van der Waals surface area contributed by atoms with Gasteiger partial charge in [-0.2, -0.15) is 0 Å². The first-order chi connectivity index (χ1) is 8.58. The number of hydrogen-bond acceptors (Lipinski definition) is 3. The molecular weight excluding hydrogens is 303 g/mol. The first kappa shape index (κ1) is 12.5. The molecule has 0 aliphatic rings. The molecule has 0 saturated heterocycles. The Morgan fingerprint density at radius 3 is 2.83 bits per heavy atom. The number of aromatic nitrogens is 1. The molecule has 0 atom stereocenters. The number of carbonyl (C=O) groups is 1. The zero-order valence-electron chi connectivity index (χ0n) is 9.02.